The fourth-order valence-corrected chi connectivity index (χ4v) is 0.302. The highest BCUT2D eigenvalue weighted by atomic mass is 32.2. The van der Waals surface area contributed by atoms with Crippen LogP contribution >= 0.6 is 0 Å². The molecule has 1 atom stereocenters. The number of rotatable bonds is 2. The van der Waals surface area contributed by atoms with Crippen LogP contribution in [-0.2, 0) is 11.3 Å². The first-order valence-corrected chi connectivity index (χ1v) is 2.61. The van der Waals surface area contributed by atoms with E-state index in [9.17, 15) is 8.76 Å². The van der Waals surface area contributed by atoms with Gasteiger partial charge in [-0.3, -0.25) is 4.21 Å². The van der Waals surface area contributed by atoms with E-state index in [1.807, 2.05) is 4.72 Å². The molecule has 0 spiro atoms. The Bertz CT molecular complexity index is 106. The van der Waals surface area contributed by atoms with E-state index in [1.165, 1.54) is 0 Å². The van der Waals surface area contributed by atoms with Crippen LogP contribution in [0.15, 0.2) is 0 Å². The Morgan fingerprint density at radius 1 is 2.00 bits per heavy atom. The van der Waals surface area contributed by atoms with Crippen molar-refractivity contribution in [1.82, 2.24) is 4.72 Å². The third-order valence-electron chi connectivity index (χ3n) is 0.292. The first-order chi connectivity index (χ1) is 3.27. The maximum atomic E-state index is 9.55. The van der Waals surface area contributed by atoms with Gasteiger partial charge in [-0.15, -0.1) is 6.42 Å². The minimum absolute atomic E-state index is 0.0656. The van der Waals surface area contributed by atoms with Gasteiger partial charge in [0.2, 0.25) is 0 Å². The molecule has 0 saturated carbocycles. The molecule has 7 heavy (non-hydrogen) atoms. The Hall–Kier alpha value is -0.370. The molecule has 1 N–H and O–H groups in total. The lowest BCUT2D eigenvalue weighted by atomic mass is 10.7. The van der Waals surface area contributed by atoms with Gasteiger partial charge in [-0.25, -0.2) is 4.72 Å². The third-order valence-corrected chi connectivity index (χ3v) is 0.672. The zero-order chi connectivity index (χ0) is 5.70. The molecule has 3 nitrogen and oxygen atoms in total. The van der Waals surface area contributed by atoms with E-state index in [4.69, 9.17) is 6.42 Å². The normalized spacial score (nSPS) is 12.6. The first kappa shape index (κ1) is 6.63. The van der Waals surface area contributed by atoms with Crippen molar-refractivity contribution < 1.29 is 8.76 Å². The smallest absolute Gasteiger partial charge is 0.0681 e. The molecular formula is C3H4NO2S-. The van der Waals surface area contributed by atoms with Gasteiger partial charge in [-0.1, -0.05) is 5.92 Å². The molecule has 4 heteroatoms. The van der Waals surface area contributed by atoms with Crippen LogP contribution in [0.1, 0.15) is 0 Å². The Morgan fingerprint density at radius 3 is 2.71 bits per heavy atom. The van der Waals surface area contributed by atoms with Crippen molar-refractivity contribution in [2.45, 2.75) is 0 Å². The third kappa shape index (κ3) is 5.63. The van der Waals surface area contributed by atoms with Crippen molar-refractivity contribution in [3.63, 3.8) is 0 Å². The van der Waals surface area contributed by atoms with Gasteiger partial charge in [0.1, 0.15) is 0 Å². The van der Waals surface area contributed by atoms with Gasteiger partial charge in [-0.2, -0.15) is 0 Å². The average Bonchev–Trinajstić information content (AvgIpc) is 1.61. The summed E-state index contributed by atoms with van der Waals surface area (Å²) in [4.78, 5) is 0. The van der Waals surface area contributed by atoms with E-state index in [-0.39, 0.29) is 6.54 Å². The van der Waals surface area contributed by atoms with Crippen LogP contribution in [0.5, 0.6) is 0 Å². The molecule has 40 valence electrons. The van der Waals surface area contributed by atoms with E-state index in [2.05, 4.69) is 5.92 Å². The molecule has 0 fully saturated rings. The SMILES string of the molecule is C#CCNS(=O)[O-]. The summed E-state index contributed by atoms with van der Waals surface area (Å²) in [6, 6.07) is 0. The van der Waals surface area contributed by atoms with E-state index in [1.54, 1.807) is 0 Å². The summed E-state index contributed by atoms with van der Waals surface area (Å²) < 4.78 is 21.1. The second-order valence-corrected chi connectivity index (χ2v) is 1.52. The number of hydrogen-bond acceptors (Lipinski definition) is 2. The van der Waals surface area contributed by atoms with Gasteiger partial charge < -0.3 is 4.55 Å². The van der Waals surface area contributed by atoms with Crippen LogP contribution in [0.2, 0.25) is 0 Å². The lowest BCUT2D eigenvalue weighted by Gasteiger charge is -2.00. The Kier molecular flexibility index (Phi) is 3.61. The summed E-state index contributed by atoms with van der Waals surface area (Å²) in [6.45, 7) is 0.0656. The first-order valence-electron chi connectivity index (χ1n) is 1.53. The highest BCUT2D eigenvalue weighted by molar-refractivity contribution is 7.77. The number of terminal acetylenes is 1. The molecule has 0 aliphatic rings. The molecule has 0 aromatic carbocycles. The molecule has 0 aromatic heterocycles. The molecule has 0 saturated heterocycles. The van der Waals surface area contributed by atoms with Gasteiger partial charge in [0.25, 0.3) is 0 Å². The van der Waals surface area contributed by atoms with Crippen molar-refractivity contribution >= 4 is 11.3 Å². The van der Waals surface area contributed by atoms with Gasteiger partial charge in [-0.05, 0) is 0 Å². The highest BCUT2D eigenvalue weighted by Gasteiger charge is 1.71. The van der Waals surface area contributed by atoms with Crippen molar-refractivity contribution in [3.05, 3.63) is 0 Å². The lowest BCUT2D eigenvalue weighted by Crippen LogP contribution is -2.15. The molecule has 0 rings (SSSR count). The summed E-state index contributed by atoms with van der Waals surface area (Å²) >= 11 is -2.21. The van der Waals surface area contributed by atoms with Crippen LogP contribution in [0.4, 0.5) is 0 Å². The van der Waals surface area contributed by atoms with Crippen molar-refractivity contribution in [2.75, 3.05) is 6.54 Å². The van der Waals surface area contributed by atoms with Crippen LogP contribution in [0, 0.1) is 12.3 Å². The van der Waals surface area contributed by atoms with E-state index < -0.39 is 11.3 Å². The van der Waals surface area contributed by atoms with Gasteiger partial charge in [0.05, 0.1) is 6.54 Å². The fraction of sp³-hybridized carbons (Fsp3) is 0.333. The minimum atomic E-state index is -2.21. The molecule has 1 unspecified atom stereocenters. The Labute approximate surface area is 44.5 Å². The number of hydrogen-bond donors (Lipinski definition) is 1. The summed E-state index contributed by atoms with van der Waals surface area (Å²) in [5.41, 5.74) is 0. The Balaban J connectivity index is 3.02. The zero-order valence-corrected chi connectivity index (χ0v) is 4.33. The van der Waals surface area contributed by atoms with Crippen LogP contribution < -0.4 is 4.72 Å². The van der Waals surface area contributed by atoms with Crippen molar-refractivity contribution in [1.29, 1.82) is 0 Å². The van der Waals surface area contributed by atoms with E-state index in [0.717, 1.165) is 0 Å². The summed E-state index contributed by atoms with van der Waals surface area (Å²) in [5.74, 6) is 2.09. The summed E-state index contributed by atoms with van der Waals surface area (Å²) in [5, 5.41) is 0. The second-order valence-electron chi connectivity index (χ2n) is 0.760. The maximum absolute atomic E-state index is 9.55. The van der Waals surface area contributed by atoms with E-state index >= 15 is 0 Å². The predicted octanol–water partition coefficient (Wildman–Crippen LogP) is -0.997. The maximum Gasteiger partial charge on any atom is 0.0681 e. The zero-order valence-electron chi connectivity index (χ0n) is 3.51. The largest absolute Gasteiger partial charge is 0.760 e. The molecule has 0 radical (unpaired) electrons. The van der Waals surface area contributed by atoms with Crippen molar-refractivity contribution in [2.24, 2.45) is 0 Å². The lowest BCUT2D eigenvalue weighted by molar-refractivity contribution is 0.527. The molecule has 0 amide bonds. The van der Waals surface area contributed by atoms with Crippen LogP contribution in [-0.4, -0.2) is 15.3 Å². The second kappa shape index (κ2) is 3.81. The topological polar surface area (TPSA) is 52.2 Å². The average molecular weight is 118 g/mol. The Morgan fingerprint density at radius 2 is 2.57 bits per heavy atom. The molecule has 0 heterocycles. The minimum Gasteiger partial charge on any atom is -0.760 e. The molecule has 0 bridgehead atoms. The van der Waals surface area contributed by atoms with Gasteiger partial charge in [0.15, 0.2) is 0 Å². The fourth-order valence-electron chi connectivity index (χ4n) is 0.101. The van der Waals surface area contributed by atoms with Crippen LogP contribution in [0.25, 0.3) is 0 Å². The predicted molar refractivity (Wildman–Crippen MR) is 25.8 cm³/mol. The van der Waals surface area contributed by atoms with Gasteiger partial charge >= 0.3 is 0 Å². The quantitative estimate of drug-likeness (QED) is 0.373. The standard InChI is InChI=1S/C3H5NO2S/c1-2-3-4-7(5)6/h1,4H,3H2,(H,5,6)/p-1. The monoisotopic (exact) mass is 118 g/mol. The molecular weight excluding hydrogens is 114 g/mol. The van der Waals surface area contributed by atoms with Gasteiger partial charge in [0, 0.05) is 11.3 Å². The highest BCUT2D eigenvalue weighted by Crippen LogP contribution is 1.56. The molecule has 0 aromatic rings. The van der Waals surface area contributed by atoms with E-state index in [0.29, 0.717) is 0 Å². The molecule has 0 aliphatic carbocycles. The summed E-state index contributed by atoms with van der Waals surface area (Å²) in [7, 11) is 0. The summed E-state index contributed by atoms with van der Waals surface area (Å²) in [6.07, 6.45) is 4.69. The molecule has 0 aliphatic heterocycles. The van der Waals surface area contributed by atoms with Crippen molar-refractivity contribution in [3.8, 4) is 12.3 Å². The number of nitrogens with one attached hydrogen (secondary N) is 1. The van der Waals surface area contributed by atoms with Crippen LogP contribution in [0.3, 0.4) is 0 Å².